The van der Waals surface area contributed by atoms with Crippen molar-refractivity contribution >= 4 is 52.6 Å². The molecule has 2 aliphatic carbocycles. The molecule has 1 saturated carbocycles. The lowest BCUT2D eigenvalue weighted by Crippen LogP contribution is -2.49. The number of amides is 4. The number of carboxylic acids is 1. The third kappa shape index (κ3) is 4.59. The van der Waals surface area contributed by atoms with E-state index in [-0.39, 0.29) is 48.0 Å². The van der Waals surface area contributed by atoms with Gasteiger partial charge in [-0.2, -0.15) is 0 Å². The van der Waals surface area contributed by atoms with Crippen molar-refractivity contribution < 1.29 is 43.3 Å². The van der Waals surface area contributed by atoms with Crippen LogP contribution in [-0.2, 0) is 19.2 Å². The lowest BCUT2D eigenvalue weighted by Gasteiger charge is -2.49. The predicted molar refractivity (Wildman–Crippen MR) is 171 cm³/mol. The van der Waals surface area contributed by atoms with E-state index < -0.39 is 70.4 Å². The first-order valence-electron chi connectivity index (χ1n) is 15.6. The van der Waals surface area contributed by atoms with E-state index in [0.717, 1.165) is 21.4 Å². The van der Waals surface area contributed by atoms with E-state index in [1.54, 1.807) is 31.2 Å². The molecule has 0 aromatic heterocycles. The molecular weight excluding hydrogens is 643 g/mol. The predicted octanol–water partition coefficient (Wildman–Crippen LogP) is 4.98. The molecule has 2 N–H and O–H groups in total. The van der Waals surface area contributed by atoms with E-state index in [2.05, 4.69) is 0 Å². The van der Waals surface area contributed by atoms with Crippen LogP contribution in [0.15, 0.2) is 78.4 Å². The van der Waals surface area contributed by atoms with E-state index in [0.29, 0.717) is 11.3 Å². The summed E-state index contributed by atoms with van der Waals surface area (Å²) in [5.41, 5.74) is 0.0980. The molecule has 10 nitrogen and oxygen atoms in total. The van der Waals surface area contributed by atoms with Gasteiger partial charge < -0.3 is 14.9 Å². The minimum Gasteiger partial charge on any atom is -0.491 e. The van der Waals surface area contributed by atoms with Crippen LogP contribution in [0.2, 0.25) is 5.02 Å². The summed E-state index contributed by atoms with van der Waals surface area (Å²) in [6.07, 6.45) is 2.16. The van der Waals surface area contributed by atoms with Crippen LogP contribution in [0, 0.1) is 34.9 Å². The van der Waals surface area contributed by atoms with Gasteiger partial charge in [-0.15, -0.1) is 0 Å². The van der Waals surface area contributed by atoms with Crippen molar-refractivity contribution in [2.45, 2.75) is 25.7 Å². The Kier molecular flexibility index (Phi) is 7.71. The zero-order valence-corrected chi connectivity index (χ0v) is 26.4. The number of hydrogen-bond acceptors (Lipinski definition) is 7. The number of allylic oxidation sites excluding steroid dienone is 2. The third-order valence-corrected chi connectivity index (χ3v) is 10.7. The van der Waals surface area contributed by atoms with Crippen molar-refractivity contribution in [3.63, 3.8) is 0 Å². The molecular formula is C36H30ClFN2O8. The van der Waals surface area contributed by atoms with Gasteiger partial charge in [0, 0.05) is 11.5 Å². The molecule has 0 bridgehead atoms. The van der Waals surface area contributed by atoms with Gasteiger partial charge in [-0.05, 0) is 68.1 Å². The molecule has 3 fully saturated rings. The largest absolute Gasteiger partial charge is 0.491 e. The summed E-state index contributed by atoms with van der Waals surface area (Å²) in [5, 5.41) is 18.8. The average molecular weight is 673 g/mol. The number of aromatic carboxylic acids is 1. The highest BCUT2D eigenvalue weighted by Crippen LogP contribution is 2.64. The number of benzene rings is 3. The number of para-hydroxylation sites is 1. The molecule has 3 aromatic rings. The van der Waals surface area contributed by atoms with Gasteiger partial charge in [-0.25, -0.2) is 14.1 Å². The fourth-order valence-electron chi connectivity index (χ4n) is 8.27. The molecule has 0 spiro atoms. The van der Waals surface area contributed by atoms with Crippen molar-refractivity contribution in [1.29, 1.82) is 0 Å². The number of carbonyl (C=O) groups excluding carboxylic acids is 4. The molecule has 4 amide bonds. The topological polar surface area (TPSA) is 142 Å². The first kappa shape index (κ1) is 31.7. The fourth-order valence-corrected chi connectivity index (χ4v) is 8.44. The lowest BCUT2D eigenvalue weighted by atomic mass is 9.51. The molecule has 6 atom stereocenters. The van der Waals surface area contributed by atoms with Gasteiger partial charge in [-0.3, -0.25) is 24.1 Å². The van der Waals surface area contributed by atoms with E-state index in [1.165, 1.54) is 36.4 Å². The quantitative estimate of drug-likeness (QED) is 0.264. The molecule has 3 aromatic carbocycles. The Morgan fingerprint density at radius 3 is 2.44 bits per heavy atom. The Bertz CT molecular complexity index is 1950. The number of carbonyl (C=O) groups is 5. The standard InChI is InChI=1S/C36H30ClFN2O8/c1-36-25(32(43)40(35(36)47)20-9-12-27(38)26(37)16-20)17-24-21(30(36)22-7-2-3-8-28(22)48-14-13-41)10-11-23-29(24)33(44)39(31(23)42)19-6-4-5-18(15-19)34(45)46/h2-10,12,15-16,23-25,29-30,41H,11,13-14,17H2,1H3,(H,45,46)/t23-,24+,25-,29-,30+,36+/m0/s1. The molecule has 2 saturated heterocycles. The summed E-state index contributed by atoms with van der Waals surface area (Å²) in [6.45, 7) is 1.42. The number of rotatable bonds is 7. The summed E-state index contributed by atoms with van der Waals surface area (Å²) < 4.78 is 20.1. The number of halogens is 2. The number of ether oxygens (including phenoxy) is 1. The summed E-state index contributed by atoms with van der Waals surface area (Å²) in [5.74, 6) is -7.53. The summed E-state index contributed by atoms with van der Waals surface area (Å²) in [4.78, 5) is 70.8. The number of fused-ring (bicyclic) bond motifs is 4. The molecule has 0 radical (unpaired) electrons. The van der Waals surface area contributed by atoms with Crippen LogP contribution >= 0.6 is 11.6 Å². The van der Waals surface area contributed by atoms with Crippen LogP contribution in [-0.4, -0.2) is 53.0 Å². The lowest BCUT2D eigenvalue weighted by molar-refractivity contribution is -0.131. The fraction of sp³-hybridized carbons (Fsp3) is 0.306. The molecule has 0 unspecified atom stereocenters. The number of anilines is 2. The Morgan fingerprint density at radius 1 is 0.958 bits per heavy atom. The van der Waals surface area contributed by atoms with Crippen LogP contribution in [0.5, 0.6) is 5.75 Å². The highest BCUT2D eigenvalue weighted by Gasteiger charge is 2.68. The van der Waals surface area contributed by atoms with Crippen LogP contribution < -0.4 is 14.5 Å². The smallest absolute Gasteiger partial charge is 0.335 e. The SMILES string of the molecule is C[C@@]12C(=O)N(c3ccc(F)c(Cl)c3)C(=O)[C@@H]1C[C@@H]1C(=CC[C@@H]3C(=O)N(c4cccc(C(=O)O)c4)C(=O)[C@@H]31)[C@@H]2c1ccccc1OCCO. The third-order valence-electron chi connectivity index (χ3n) is 10.4. The molecule has 12 heteroatoms. The second kappa shape index (κ2) is 11.7. The highest BCUT2D eigenvalue weighted by atomic mass is 35.5. The molecule has 4 aliphatic rings. The van der Waals surface area contributed by atoms with E-state index in [1.807, 2.05) is 6.08 Å². The monoisotopic (exact) mass is 672 g/mol. The van der Waals surface area contributed by atoms with E-state index >= 15 is 0 Å². The van der Waals surface area contributed by atoms with Crippen molar-refractivity contribution in [2.24, 2.45) is 29.1 Å². The summed E-state index contributed by atoms with van der Waals surface area (Å²) >= 11 is 6.07. The molecule has 7 rings (SSSR count). The van der Waals surface area contributed by atoms with Crippen molar-refractivity contribution in [1.82, 2.24) is 0 Å². The van der Waals surface area contributed by atoms with Crippen LogP contribution in [0.4, 0.5) is 15.8 Å². The summed E-state index contributed by atoms with van der Waals surface area (Å²) in [7, 11) is 0. The van der Waals surface area contributed by atoms with Crippen LogP contribution in [0.1, 0.15) is 41.6 Å². The Balaban J connectivity index is 1.37. The molecule has 2 aliphatic heterocycles. The van der Waals surface area contributed by atoms with Crippen molar-refractivity contribution in [3.8, 4) is 5.75 Å². The normalized spacial score (nSPS) is 27.8. The zero-order chi connectivity index (χ0) is 34.1. The molecule has 48 heavy (non-hydrogen) atoms. The second-order valence-corrected chi connectivity index (χ2v) is 13.1. The molecule has 2 heterocycles. The van der Waals surface area contributed by atoms with Gasteiger partial charge in [0.05, 0.1) is 51.7 Å². The maximum absolute atomic E-state index is 14.6. The number of aliphatic hydroxyl groups is 1. The first-order valence-corrected chi connectivity index (χ1v) is 15.9. The minimum absolute atomic E-state index is 0.0263. The minimum atomic E-state index is -1.38. The van der Waals surface area contributed by atoms with Gasteiger partial charge in [-0.1, -0.05) is 47.5 Å². The van der Waals surface area contributed by atoms with Crippen molar-refractivity contribution in [3.05, 3.63) is 100 Å². The summed E-state index contributed by atoms with van der Waals surface area (Å²) in [6, 6.07) is 16.3. The molecule has 246 valence electrons. The van der Waals surface area contributed by atoms with E-state index in [4.69, 9.17) is 16.3 Å². The maximum Gasteiger partial charge on any atom is 0.335 e. The number of imide groups is 2. The average Bonchev–Trinajstić information content (AvgIpc) is 3.44. The van der Waals surface area contributed by atoms with Gasteiger partial charge in [0.2, 0.25) is 23.6 Å². The number of hydrogen-bond donors (Lipinski definition) is 2. The van der Waals surface area contributed by atoms with Gasteiger partial charge in [0.15, 0.2) is 0 Å². The maximum atomic E-state index is 14.6. The van der Waals surface area contributed by atoms with Crippen LogP contribution in [0.3, 0.4) is 0 Å². The van der Waals surface area contributed by atoms with E-state index in [9.17, 15) is 38.6 Å². The Hall–Kier alpha value is -4.87. The zero-order valence-electron chi connectivity index (χ0n) is 25.6. The number of aliphatic hydroxyl groups excluding tert-OH is 1. The Labute approximate surface area is 279 Å². The van der Waals surface area contributed by atoms with Gasteiger partial charge in [0.1, 0.15) is 18.2 Å². The second-order valence-electron chi connectivity index (χ2n) is 12.7. The first-order chi connectivity index (χ1) is 23.0. The van der Waals surface area contributed by atoms with Crippen LogP contribution in [0.25, 0.3) is 0 Å². The Morgan fingerprint density at radius 2 is 1.71 bits per heavy atom. The highest BCUT2D eigenvalue weighted by molar-refractivity contribution is 6.32. The van der Waals surface area contributed by atoms with Gasteiger partial charge >= 0.3 is 5.97 Å². The number of carboxylic acid groups (broad SMARTS) is 1. The van der Waals surface area contributed by atoms with Crippen molar-refractivity contribution in [2.75, 3.05) is 23.0 Å². The van der Waals surface area contributed by atoms with Gasteiger partial charge in [0.25, 0.3) is 0 Å². The number of nitrogens with zero attached hydrogens (tertiary/aromatic N) is 2.